The summed E-state index contributed by atoms with van der Waals surface area (Å²) in [5.41, 5.74) is 0. The van der Waals surface area contributed by atoms with Gasteiger partial charge >= 0.3 is 0 Å². The van der Waals surface area contributed by atoms with Crippen LogP contribution in [0.1, 0.15) is 26.2 Å². The van der Waals surface area contributed by atoms with Crippen molar-refractivity contribution in [3.05, 3.63) is 0 Å². The van der Waals surface area contributed by atoms with Crippen LogP contribution < -0.4 is 0 Å². The lowest BCUT2D eigenvalue weighted by atomic mass is 10.1. The highest BCUT2D eigenvalue weighted by molar-refractivity contribution is 5.75. The van der Waals surface area contributed by atoms with E-state index < -0.39 is 0 Å². The molecule has 2 aliphatic rings. The Morgan fingerprint density at radius 3 is 3.00 bits per heavy atom. The Morgan fingerprint density at radius 1 is 1.38 bits per heavy atom. The van der Waals surface area contributed by atoms with Crippen molar-refractivity contribution in [1.82, 2.24) is 9.80 Å². The van der Waals surface area contributed by atoms with Crippen LogP contribution in [0, 0.1) is 0 Å². The van der Waals surface area contributed by atoms with Gasteiger partial charge in [-0.1, -0.05) is 6.92 Å². The summed E-state index contributed by atoms with van der Waals surface area (Å²) in [7, 11) is 0. The highest BCUT2D eigenvalue weighted by Crippen LogP contribution is 2.21. The molecule has 13 heavy (non-hydrogen) atoms. The maximum absolute atomic E-state index is 11.5. The lowest BCUT2D eigenvalue weighted by molar-refractivity contribution is -0.133. The number of amides is 1. The molecule has 1 unspecified atom stereocenters. The molecular formula is C10H18N2O. The number of nitrogens with zero attached hydrogens (tertiary/aromatic N) is 2. The third-order valence-corrected chi connectivity index (χ3v) is 3.24. The number of rotatable bonds is 1. The van der Waals surface area contributed by atoms with E-state index in [2.05, 4.69) is 4.90 Å². The number of fused-ring (bicyclic) bond motifs is 1. The molecule has 0 N–H and O–H groups in total. The van der Waals surface area contributed by atoms with Crippen LogP contribution in [0.2, 0.25) is 0 Å². The molecule has 1 atom stereocenters. The predicted molar refractivity (Wildman–Crippen MR) is 51.5 cm³/mol. The first-order valence-corrected chi connectivity index (χ1v) is 5.33. The number of hydrogen-bond donors (Lipinski definition) is 0. The Labute approximate surface area is 79.7 Å². The van der Waals surface area contributed by atoms with Crippen molar-refractivity contribution in [3.63, 3.8) is 0 Å². The van der Waals surface area contributed by atoms with Gasteiger partial charge < -0.3 is 4.90 Å². The molecule has 0 spiro atoms. The van der Waals surface area contributed by atoms with Gasteiger partial charge in [0.2, 0.25) is 5.91 Å². The van der Waals surface area contributed by atoms with Crippen molar-refractivity contribution in [2.24, 2.45) is 0 Å². The van der Waals surface area contributed by atoms with Gasteiger partial charge in [0.1, 0.15) is 0 Å². The normalized spacial score (nSPS) is 29.0. The SMILES string of the molecule is CCC(=O)N1CCN2CCCC2C1. The monoisotopic (exact) mass is 182 g/mol. The van der Waals surface area contributed by atoms with Crippen molar-refractivity contribution in [2.45, 2.75) is 32.2 Å². The zero-order valence-corrected chi connectivity index (χ0v) is 8.33. The van der Waals surface area contributed by atoms with Gasteiger partial charge in [-0.2, -0.15) is 0 Å². The molecule has 0 bridgehead atoms. The molecule has 2 saturated heterocycles. The van der Waals surface area contributed by atoms with E-state index in [1.54, 1.807) is 0 Å². The van der Waals surface area contributed by atoms with E-state index in [-0.39, 0.29) is 0 Å². The highest BCUT2D eigenvalue weighted by atomic mass is 16.2. The Bertz CT molecular complexity index is 205. The molecule has 1 amide bonds. The first-order valence-electron chi connectivity index (χ1n) is 5.33. The zero-order chi connectivity index (χ0) is 9.26. The van der Waals surface area contributed by atoms with Crippen molar-refractivity contribution in [2.75, 3.05) is 26.2 Å². The summed E-state index contributed by atoms with van der Waals surface area (Å²) in [5.74, 6) is 0.326. The summed E-state index contributed by atoms with van der Waals surface area (Å²) in [5, 5.41) is 0. The maximum Gasteiger partial charge on any atom is 0.222 e. The zero-order valence-electron chi connectivity index (χ0n) is 8.33. The smallest absolute Gasteiger partial charge is 0.222 e. The predicted octanol–water partition coefficient (Wildman–Crippen LogP) is 0.703. The Kier molecular flexibility index (Phi) is 2.54. The van der Waals surface area contributed by atoms with Crippen LogP contribution in [0.3, 0.4) is 0 Å². The lowest BCUT2D eigenvalue weighted by Crippen LogP contribution is -2.51. The lowest BCUT2D eigenvalue weighted by Gasteiger charge is -2.37. The van der Waals surface area contributed by atoms with Gasteiger partial charge in [-0.05, 0) is 19.4 Å². The summed E-state index contributed by atoms with van der Waals surface area (Å²) in [6.07, 6.45) is 3.26. The van der Waals surface area contributed by atoms with E-state index in [4.69, 9.17) is 0 Å². The molecule has 0 aromatic heterocycles. The summed E-state index contributed by atoms with van der Waals surface area (Å²) in [6, 6.07) is 0.671. The molecule has 2 heterocycles. The van der Waals surface area contributed by atoms with Crippen LogP contribution in [-0.2, 0) is 4.79 Å². The Hall–Kier alpha value is -0.570. The van der Waals surface area contributed by atoms with Crippen LogP contribution >= 0.6 is 0 Å². The molecule has 0 aromatic rings. The summed E-state index contributed by atoms with van der Waals surface area (Å²) >= 11 is 0. The molecule has 0 saturated carbocycles. The fraction of sp³-hybridized carbons (Fsp3) is 0.900. The molecule has 0 radical (unpaired) electrons. The quantitative estimate of drug-likeness (QED) is 0.596. The highest BCUT2D eigenvalue weighted by Gasteiger charge is 2.31. The number of hydrogen-bond acceptors (Lipinski definition) is 2. The van der Waals surface area contributed by atoms with Crippen molar-refractivity contribution in [1.29, 1.82) is 0 Å². The van der Waals surface area contributed by atoms with Crippen molar-refractivity contribution >= 4 is 5.91 Å². The molecule has 3 heteroatoms. The van der Waals surface area contributed by atoms with E-state index in [0.29, 0.717) is 18.4 Å². The molecule has 74 valence electrons. The first-order chi connectivity index (χ1) is 6.31. The second-order valence-electron chi connectivity index (χ2n) is 4.03. The fourth-order valence-electron chi connectivity index (χ4n) is 2.44. The van der Waals surface area contributed by atoms with Crippen molar-refractivity contribution in [3.8, 4) is 0 Å². The molecule has 3 nitrogen and oxygen atoms in total. The van der Waals surface area contributed by atoms with Gasteiger partial charge in [-0.25, -0.2) is 0 Å². The molecule has 0 aliphatic carbocycles. The third-order valence-electron chi connectivity index (χ3n) is 3.24. The van der Waals surface area contributed by atoms with E-state index in [1.807, 2.05) is 11.8 Å². The number of piperazine rings is 1. The average molecular weight is 182 g/mol. The van der Waals surface area contributed by atoms with Crippen LogP contribution in [0.4, 0.5) is 0 Å². The van der Waals surface area contributed by atoms with Crippen molar-refractivity contribution < 1.29 is 4.79 Å². The van der Waals surface area contributed by atoms with Gasteiger partial charge in [-0.15, -0.1) is 0 Å². The van der Waals surface area contributed by atoms with Gasteiger partial charge in [0, 0.05) is 32.1 Å². The topological polar surface area (TPSA) is 23.6 Å². The Balaban J connectivity index is 1.93. The van der Waals surface area contributed by atoms with Crippen LogP contribution in [-0.4, -0.2) is 47.9 Å². The average Bonchev–Trinajstić information content (AvgIpc) is 2.63. The molecule has 0 aromatic carbocycles. The van der Waals surface area contributed by atoms with Gasteiger partial charge in [-0.3, -0.25) is 9.69 Å². The van der Waals surface area contributed by atoms with Gasteiger partial charge in [0.05, 0.1) is 0 Å². The van der Waals surface area contributed by atoms with Crippen LogP contribution in [0.15, 0.2) is 0 Å². The first kappa shape index (κ1) is 9.00. The van der Waals surface area contributed by atoms with Gasteiger partial charge in [0.25, 0.3) is 0 Å². The van der Waals surface area contributed by atoms with E-state index in [1.165, 1.54) is 19.4 Å². The number of carbonyl (C=O) groups is 1. The summed E-state index contributed by atoms with van der Waals surface area (Å²) in [6.45, 7) is 6.22. The van der Waals surface area contributed by atoms with Crippen LogP contribution in [0.5, 0.6) is 0 Å². The second kappa shape index (κ2) is 3.66. The minimum atomic E-state index is 0.326. The van der Waals surface area contributed by atoms with E-state index >= 15 is 0 Å². The largest absolute Gasteiger partial charge is 0.340 e. The van der Waals surface area contributed by atoms with Crippen LogP contribution in [0.25, 0.3) is 0 Å². The molecule has 2 aliphatic heterocycles. The standard InChI is InChI=1S/C10H18N2O/c1-2-10(13)12-7-6-11-5-3-4-9(11)8-12/h9H,2-8H2,1H3. The summed E-state index contributed by atoms with van der Waals surface area (Å²) in [4.78, 5) is 16.0. The minimum absolute atomic E-state index is 0.326. The number of carbonyl (C=O) groups excluding carboxylic acids is 1. The van der Waals surface area contributed by atoms with E-state index in [9.17, 15) is 4.79 Å². The maximum atomic E-state index is 11.5. The molecule has 2 fully saturated rings. The second-order valence-corrected chi connectivity index (χ2v) is 4.03. The fourth-order valence-corrected chi connectivity index (χ4v) is 2.44. The molecule has 2 rings (SSSR count). The summed E-state index contributed by atoms with van der Waals surface area (Å²) < 4.78 is 0. The molecular weight excluding hydrogens is 164 g/mol. The third kappa shape index (κ3) is 1.70. The van der Waals surface area contributed by atoms with E-state index in [0.717, 1.165) is 19.6 Å². The minimum Gasteiger partial charge on any atom is -0.340 e. The van der Waals surface area contributed by atoms with Gasteiger partial charge in [0.15, 0.2) is 0 Å². The Morgan fingerprint density at radius 2 is 2.23 bits per heavy atom.